The average molecular weight is 536 g/mol. The van der Waals surface area contributed by atoms with Crippen LogP contribution in [0.3, 0.4) is 0 Å². The minimum absolute atomic E-state index is 0.0831. The largest absolute Gasteiger partial charge is 0.378 e. The highest BCUT2D eigenvalue weighted by Gasteiger charge is 2.33. The number of likely N-dealkylation sites (N-methyl/N-ethyl adjacent to an activating group) is 1. The smallest absolute Gasteiger partial charge is 0.289 e. The van der Waals surface area contributed by atoms with E-state index in [-0.39, 0.29) is 11.7 Å². The Balaban J connectivity index is 1.27. The molecule has 3 heterocycles. The topological polar surface area (TPSA) is 111 Å². The number of amides is 2. The van der Waals surface area contributed by atoms with Gasteiger partial charge in [0.1, 0.15) is 22.5 Å². The number of anilines is 1. The van der Waals surface area contributed by atoms with Crippen molar-refractivity contribution in [3.8, 4) is 11.8 Å². The van der Waals surface area contributed by atoms with Crippen LogP contribution in [-0.2, 0) is 11.2 Å². The molecule has 1 aliphatic carbocycles. The summed E-state index contributed by atoms with van der Waals surface area (Å²) < 4.78 is 0. The molecule has 1 fully saturated rings. The second-order valence-electron chi connectivity index (χ2n) is 9.55. The van der Waals surface area contributed by atoms with Crippen molar-refractivity contribution in [2.45, 2.75) is 62.0 Å². The van der Waals surface area contributed by atoms with Crippen molar-refractivity contribution < 1.29 is 14.7 Å². The Hall–Kier alpha value is -3.13. The Morgan fingerprint density at radius 2 is 2.00 bits per heavy atom. The maximum Gasteiger partial charge on any atom is 0.289 e. The Morgan fingerprint density at radius 3 is 2.76 bits per heavy atom. The second kappa shape index (κ2) is 10.7. The molecule has 1 atom stereocenters. The normalized spacial score (nSPS) is 18.9. The highest BCUT2D eigenvalue weighted by Crippen LogP contribution is 2.44. The molecule has 2 aromatic heterocycles. The molecule has 5 rings (SSSR count). The average Bonchev–Trinajstić information content (AvgIpc) is 3.47. The molecule has 1 aromatic carbocycles. The summed E-state index contributed by atoms with van der Waals surface area (Å²) in [6, 6.07) is 9.09. The maximum atomic E-state index is 13.3. The molecule has 0 bridgehead atoms. The zero-order valence-electron chi connectivity index (χ0n) is 20.8. The Labute approximate surface area is 224 Å². The number of nitrogens with zero attached hydrogens (tertiary/aromatic N) is 3. The number of thioether (sulfide) groups is 1. The van der Waals surface area contributed by atoms with Crippen molar-refractivity contribution in [1.29, 1.82) is 0 Å². The van der Waals surface area contributed by atoms with Gasteiger partial charge in [-0.15, -0.1) is 33.3 Å². The first-order chi connectivity index (χ1) is 17.8. The van der Waals surface area contributed by atoms with Gasteiger partial charge in [0.2, 0.25) is 5.82 Å². The number of aromatic nitrogens is 3. The van der Waals surface area contributed by atoms with Crippen LogP contribution in [0.1, 0.15) is 64.6 Å². The molecule has 0 unspecified atom stereocenters. The number of fused-ring (bicyclic) bond motifs is 1. The first-order valence-corrected chi connectivity index (χ1v) is 14.2. The lowest BCUT2D eigenvalue weighted by atomic mass is 9.85. The third-order valence-corrected chi connectivity index (χ3v) is 9.46. The number of H-pyrrole nitrogens is 1. The Morgan fingerprint density at radius 1 is 1.24 bits per heavy atom. The number of aliphatic hydroxyl groups is 1. The van der Waals surface area contributed by atoms with Crippen molar-refractivity contribution in [3.05, 3.63) is 58.0 Å². The number of rotatable bonds is 4. The number of thiophene rings is 1. The van der Waals surface area contributed by atoms with Crippen molar-refractivity contribution in [2.24, 2.45) is 0 Å². The molecule has 37 heavy (non-hydrogen) atoms. The summed E-state index contributed by atoms with van der Waals surface area (Å²) in [6.45, 7) is 2.00. The van der Waals surface area contributed by atoms with Gasteiger partial charge in [0.05, 0.1) is 4.88 Å². The second-order valence-corrected chi connectivity index (χ2v) is 11.6. The van der Waals surface area contributed by atoms with Gasteiger partial charge < -0.3 is 20.3 Å². The number of nitrogens with one attached hydrogen (secondary N) is 2. The number of hydrogen-bond donors (Lipinski definition) is 3. The number of aromatic amines is 1. The third-order valence-electron chi connectivity index (χ3n) is 6.76. The van der Waals surface area contributed by atoms with Gasteiger partial charge in [-0.2, -0.15) is 0 Å². The zero-order valence-corrected chi connectivity index (χ0v) is 22.5. The van der Waals surface area contributed by atoms with Gasteiger partial charge in [0.15, 0.2) is 0 Å². The molecule has 2 amide bonds. The van der Waals surface area contributed by atoms with E-state index in [0.29, 0.717) is 30.8 Å². The highest BCUT2D eigenvalue weighted by molar-refractivity contribution is 7.99. The van der Waals surface area contributed by atoms with Crippen molar-refractivity contribution in [3.63, 3.8) is 0 Å². The van der Waals surface area contributed by atoms with E-state index in [1.165, 1.54) is 23.1 Å². The molecular weight excluding hydrogens is 506 g/mol. The summed E-state index contributed by atoms with van der Waals surface area (Å²) in [4.78, 5) is 32.6. The molecule has 3 N–H and O–H groups in total. The maximum absolute atomic E-state index is 13.3. The monoisotopic (exact) mass is 535 g/mol. The van der Waals surface area contributed by atoms with E-state index in [1.807, 2.05) is 37.3 Å². The van der Waals surface area contributed by atoms with E-state index in [9.17, 15) is 14.7 Å². The van der Waals surface area contributed by atoms with E-state index in [2.05, 4.69) is 32.3 Å². The van der Waals surface area contributed by atoms with Crippen LogP contribution in [0.25, 0.3) is 0 Å². The summed E-state index contributed by atoms with van der Waals surface area (Å²) >= 11 is 2.99. The fourth-order valence-corrected chi connectivity index (χ4v) is 7.13. The molecule has 0 radical (unpaired) electrons. The number of carbonyl (C=O) groups excluding carboxylic acids is 2. The molecule has 3 aromatic rings. The molecule has 0 saturated heterocycles. The third kappa shape index (κ3) is 5.59. The van der Waals surface area contributed by atoms with Crippen LogP contribution in [0.15, 0.2) is 35.2 Å². The van der Waals surface area contributed by atoms with Crippen LogP contribution in [0.2, 0.25) is 0 Å². The molecule has 10 heteroatoms. The number of carbonyl (C=O) groups is 2. The molecular formula is C27H29N5O3S2. The van der Waals surface area contributed by atoms with E-state index in [4.69, 9.17) is 0 Å². The Kier molecular flexibility index (Phi) is 7.38. The summed E-state index contributed by atoms with van der Waals surface area (Å²) in [5.74, 6) is 6.70. The van der Waals surface area contributed by atoms with Crippen LogP contribution < -0.4 is 10.2 Å². The van der Waals surface area contributed by atoms with E-state index in [0.717, 1.165) is 45.2 Å². The van der Waals surface area contributed by atoms with E-state index >= 15 is 0 Å². The van der Waals surface area contributed by atoms with Gasteiger partial charge in [0, 0.05) is 24.1 Å². The van der Waals surface area contributed by atoms with Crippen molar-refractivity contribution in [1.82, 2.24) is 20.5 Å². The zero-order chi connectivity index (χ0) is 26.0. The van der Waals surface area contributed by atoms with Gasteiger partial charge >= 0.3 is 0 Å². The lowest BCUT2D eigenvalue weighted by Crippen LogP contribution is -2.48. The summed E-state index contributed by atoms with van der Waals surface area (Å²) in [6.07, 6.45) is 5.07. The first-order valence-electron chi connectivity index (χ1n) is 12.4. The molecule has 1 saturated carbocycles. The minimum Gasteiger partial charge on any atom is -0.378 e. The lowest BCUT2D eigenvalue weighted by Gasteiger charge is -2.26. The van der Waals surface area contributed by atoms with Gasteiger partial charge in [0.25, 0.3) is 11.8 Å². The fourth-order valence-electron chi connectivity index (χ4n) is 4.60. The van der Waals surface area contributed by atoms with Gasteiger partial charge in [-0.3, -0.25) is 9.59 Å². The fraction of sp³-hybridized carbons (Fsp3) is 0.407. The predicted molar refractivity (Wildman–Crippen MR) is 145 cm³/mol. The number of benzene rings is 1. The standard InChI is InChI=1S/C27H29N5O3S2/c1-17-20(11-14-27(35)12-7-4-8-13-27)37-26-22(17)36-16-19(25(34)32(26)2)28-24(33)23-29-21(30-31-23)15-18-9-5-3-6-10-18/h3,5-6,9-10,19,35H,4,7-8,12-13,15-16H2,1-2H3,(H,28,33)(H,29,30,31)/t19-/m0/s1. The molecule has 8 nitrogen and oxygen atoms in total. The van der Waals surface area contributed by atoms with Crippen LogP contribution in [0.5, 0.6) is 0 Å². The van der Waals surface area contributed by atoms with Crippen LogP contribution in [0, 0.1) is 18.8 Å². The summed E-state index contributed by atoms with van der Waals surface area (Å²) in [7, 11) is 1.72. The molecule has 2 aliphatic rings. The SMILES string of the molecule is Cc1c(C#CC2(O)CCCCC2)sc2c1SC[C@H](NC(=O)c1nnc(Cc3ccccc3)[nH]1)C(=O)N2C. The lowest BCUT2D eigenvalue weighted by molar-refractivity contribution is -0.119. The number of hydrogen-bond acceptors (Lipinski definition) is 7. The highest BCUT2D eigenvalue weighted by atomic mass is 32.2. The van der Waals surface area contributed by atoms with Crippen molar-refractivity contribution in [2.75, 3.05) is 17.7 Å². The first kappa shape index (κ1) is 25.5. The minimum atomic E-state index is -0.919. The predicted octanol–water partition coefficient (Wildman–Crippen LogP) is 3.68. The summed E-state index contributed by atoms with van der Waals surface area (Å²) in [5, 5.41) is 22.5. The molecule has 192 valence electrons. The summed E-state index contributed by atoms with van der Waals surface area (Å²) in [5.41, 5.74) is 1.14. The van der Waals surface area contributed by atoms with Crippen LogP contribution in [-0.4, -0.2) is 56.5 Å². The Bertz CT molecular complexity index is 1370. The van der Waals surface area contributed by atoms with Gasteiger partial charge in [-0.05, 0) is 43.7 Å². The molecule has 0 spiro atoms. The van der Waals surface area contributed by atoms with Crippen molar-refractivity contribution >= 4 is 39.9 Å². The quantitative estimate of drug-likeness (QED) is 0.440. The van der Waals surface area contributed by atoms with Gasteiger partial charge in [-0.1, -0.05) is 48.6 Å². The van der Waals surface area contributed by atoms with Crippen LogP contribution in [0.4, 0.5) is 5.00 Å². The molecule has 1 aliphatic heterocycles. The van der Waals surface area contributed by atoms with E-state index < -0.39 is 17.6 Å². The van der Waals surface area contributed by atoms with Gasteiger partial charge in [-0.25, -0.2) is 0 Å². The van der Waals surface area contributed by atoms with Crippen LogP contribution >= 0.6 is 23.1 Å². The van der Waals surface area contributed by atoms with E-state index in [1.54, 1.807) is 11.9 Å².